The first kappa shape index (κ1) is 14.6. The van der Waals surface area contributed by atoms with Crippen molar-refractivity contribution in [1.29, 1.82) is 0 Å². The number of aldehydes is 1. The molecule has 0 aromatic heterocycles. The molecule has 1 atom stereocenters. The van der Waals surface area contributed by atoms with Gasteiger partial charge < -0.3 is 4.79 Å². The van der Waals surface area contributed by atoms with E-state index in [9.17, 15) is 4.79 Å². The third-order valence-electron chi connectivity index (χ3n) is 2.65. The molecule has 0 radical (unpaired) electrons. The van der Waals surface area contributed by atoms with Gasteiger partial charge in [0, 0.05) is 23.5 Å². The summed E-state index contributed by atoms with van der Waals surface area (Å²) >= 11 is 0. The molecule has 0 spiro atoms. The molecule has 2 heteroatoms. The van der Waals surface area contributed by atoms with Crippen LogP contribution >= 0.6 is 0 Å². The van der Waals surface area contributed by atoms with Crippen LogP contribution in [-0.4, -0.2) is 28.3 Å². The van der Waals surface area contributed by atoms with Crippen molar-refractivity contribution in [2.24, 2.45) is 0 Å². The molecule has 0 aliphatic carbocycles. The van der Waals surface area contributed by atoms with Gasteiger partial charge in [-0.25, -0.2) is 0 Å². The summed E-state index contributed by atoms with van der Waals surface area (Å²) in [7, 11) is 0. The van der Waals surface area contributed by atoms with Gasteiger partial charge in [0.05, 0.1) is 0 Å². The molecule has 2 nitrogen and oxygen atoms in total. The molecule has 0 aromatic carbocycles. The molecule has 0 rings (SSSR count). The first-order chi connectivity index (χ1) is 6.64. The molecule has 1 unspecified atom stereocenters. The van der Waals surface area contributed by atoms with Crippen LogP contribution in [0.5, 0.6) is 0 Å². The lowest BCUT2D eigenvalue weighted by molar-refractivity contribution is -0.110. The largest absolute Gasteiger partial charge is 0.303 e. The fraction of sp³-hybridized carbons (Fsp3) is 0.923. The summed E-state index contributed by atoms with van der Waals surface area (Å²) in [5.41, 5.74) is 0.198. The lowest BCUT2D eigenvalue weighted by atomic mass is 9.91. The van der Waals surface area contributed by atoms with E-state index < -0.39 is 0 Å². The highest BCUT2D eigenvalue weighted by Gasteiger charge is 2.35. The van der Waals surface area contributed by atoms with Crippen LogP contribution in [0.25, 0.3) is 0 Å². The van der Waals surface area contributed by atoms with Gasteiger partial charge in [0.1, 0.15) is 6.29 Å². The molecule has 90 valence electrons. The SMILES string of the molecule is CCC(CC=O)N(C(C)(C)C)C(C)(C)C. The van der Waals surface area contributed by atoms with Gasteiger partial charge in [-0.1, -0.05) is 6.92 Å². The second-order valence-electron chi connectivity index (χ2n) is 6.18. The molecule has 0 amide bonds. The van der Waals surface area contributed by atoms with Gasteiger partial charge in [-0.05, 0) is 48.0 Å². The summed E-state index contributed by atoms with van der Waals surface area (Å²) in [4.78, 5) is 13.2. The lowest BCUT2D eigenvalue weighted by Crippen LogP contribution is -2.57. The molecule has 0 N–H and O–H groups in total. The Morgan fingerprint density at radius 3 is 1.67 bits per heavy atom. The van der Waals surface area contributed by atoms with E-state index in [1.165, 1.54) is 0 Å². The third-order valence-corrected chi connectivity index (χ3v) is 2.65. The van der Waals surface area contributed by atoms with E-state index in [-0.39, 0.29) is 11.1 Å². The maximum atomic E-state index is 10.7. The zero-order chi connectivity index (χ0) is 12.3. The van der Waals surface area contributed by atoms with E-state index >= 15 is 0 Å². The van der Waals surface area contributed by atoms with E-state index in [4.69, 9.17) is 0 Å². The minimum atomic E-state index is 0.0991. The van der Waals surface area contributed by atoms with Crippen molar-refractivity contribution in [2.45, 2.75) is 78.4 Å². The first-order valence-corrected chi connectivity index (χ1v) is 5.87. The Morgan fingerprint density at radius 1 is 1.07 bits per heavy atom. The van der Waals surface area contributed by atoms with E-state index in [0.29, 0.717) is 12.5 Å². The highest BCUT2D eigenvalue weighted by atomic mass is 16.1. The van der Waals surface area contributed by atoms with Crippen molar-refractivity contribution in [2.75, 3.05) is 0 Å². The Labute approximate surface area is 95.0 Å². The van der Waals surface area contributed by atoms with Gasteiger partial charge in [0.15, 0.2) is 0 Å². The van der Waals surface area contributed by atoms with E-state index in [2.05, 4.69) is 53.4 Å². The van der Waals surface area contributed by atoms with Crippen molar-refractivity contribution in [1.82, 2.24) is 4.90 Å². The molecule has 0 saturated heterocycles. The van der Waals surface area contributed by atoms with Gasteiger partial charge in [-0.15, -0.1) is 0 Å². The summed E-state index contributed by atoms with van der Waals surface area (Å²) in [5, 5.41) is 0. The standard InChI is InChI=1S/C13H27NO/c1-8-11(9-10-15)14(12(2,3)4)13(5,6)7/h10-11H,8-9H2,1-7H3. The summed E-state index contributed by atoms with van der Waals surface area (Å²) in [6.07, 6.45) is 2.69. The summed E-state index contributed by atoms with van der Waals surface area (Å²) in [6, 6.07) is 0.350. The summed E-state index contributed by atoms with van der Waals surface area (Å²) in [5.74, 6) is 0. The van der Waals surface area contributed by atoms with Crippen LogP contribution in [0.4, 0.5) is 0 Å². The van der Waals surface area contributed by atoms with Gasteiger partial charge >= 0.3 is 0 Å². The van der Waals surface area contributed by atoms with Crippen molar-refractivity contribution >= 4 is 6.29 Å². The van der Waals surface area contributed by atoms with Crippen LogP contribution < -0.4 is 0 Å². The number of carbonyl (C=O) groups excluding carboxylic acids is 1. The lowest BCUT2D eigenvalue weighted by Gasteiger charge is -2.49. The van der Waals surface area contributed by atoms with Gasteiger partial charge in [-0.3, -0.25) is 4.90 Å². The number of carbonyl (C=O) groups is 1. The predicted molar refractivity (Wildman–Crippen MR) is 66.1 cm³/mol. The van der Waals surface area contributed by atoms with Crippen LogP contribution in [0.2, 0.25) is 0 Å². The summed E-state index contributed by atoms with van der Waals surface area (Å²) < 4.78 is 0. The van der Waals surface area contributed by atoms with Gasteiger partial charge in [0.25, 0.3) is 0 Å². The van der Waals surface area contributed by atoms with Crippen molar-refractivity contribution in [3.05, 3.63) is 0 Å². The van der Waals surface area contributed by atoms with E-state index in [1.807, 2.05) is 0 Å². The number of nitrogens with zero attached hydrogens (tertiary/aromatic N) is 1. The molecule has 0 heterocycles. The van der Waals surface area contributed by atoms with Gasteiger partial charge in [0.2, 0.25) is 0 Å². The number of rotatable bonds is 4. The summed E-state index contributed by atoms with van der Waals surface area (Å²) in [6.45, 7) is 15.4. The quantitative estimate of drug-likeness (QED) is 0.668. The Morgan fingerprint density at radius 2 is 1.47 bits per heavy atom. The second kappa shape index (κ2) is 5.11. The first-order valence-electron chi connectivity index (χ1n) is 5.87. The van der Waals surface area contributed by atoms with Crippen molar-refractivity contribution in [3.8, 4) is 0 Å². The molecular weight excluding hydrogens is 186 g/mol. The fourth-order valence-corrected chi connectivity index (χ4v) is 2.67. The molecule has 0 aliphatic heterocycles. The average Bonchev–Trinajstić information content (AvgIpc) is 1.98. The predicted octanol–water partition coefficient (Wildman–Crippen LogP) is 3.25. The minimum absolute atomic E-state index is 0.0991. The Balaban J connectivity index is 5.00. The Kier molecular flexibility index (Phi) is 4.98. The third kappa shape index (κ3) is 4.33. The number of hydrogen-bond acceptors (Lipinski definition) is 2. The molecule has 15 heavy (non-hydrogen) atoms. The normalized spacial score (nSPS) is 15.5. The molecular formula is C13H27NO. The monoisotopic (exact) mass is 213 g/mol. The van der Waals surface area contributed by atoms with Crippen LogP contribution in [0.3, 0.4) is 0 Å². The van der Waals surface area contributed by atoms with E-state index in [1.54, 1.807) is 0 Å². The minimum Gasteiger partial charge on any atom is -0.303 e. The van der Waals surface area contributed by atoms with Crippen LogP contribution in [0.1, 0.15) is 61.3 Å². The zero-order valence-electron chi connectivity index (χ0n) is 11.4. The molecule has 0 saturated carbocycles. The van der Waals surface area contributed by atoms with E-state index in [0.717, 1.165) is 12.7 Å². The zero-order valence-corrected chi connectivity index (χ0v) is 11.4. The topological polar surface area (TPSA) is 20.3 Å². The maximum Gasteiger partial charge on any atom is 0.121 e. The molecule has 0 aromatic rings. The average molecular weight is 213 g/mol. The highest BCUT2D eigenvalue weighted by molar-refractivity contribution is 5.50. The molecule has 0 bridgehead atoms. The second-order valence-corrected chi connectivity index (χ2v) is 6.18. The molecule has 0 fully saturated rings. The Hall–Kier alpha value is -0.370. The van der Waals surface area contributed by atoms with Crippen molar-refractivity contribution in [3.63, 3.8) is 0 Å². The highest BCUT2D eigenvalue weighted by Crippen LogP contribution is 2.29. The van der Waals surface area contributed by atoms with Crippen LogP contribution in [0.15, 0.2) is 0 Å². The number of hydrogen-bond donors (Lipinski definition) is 0. The smallest absolute Gasteiger partial charge is 0.121 e. The molecule has 0 aliphatic rings. The fourth-order valence-electron chi connectivity index (χ4n) is 2.67. The van der Waals surface area contributed by atoms with Crippen LogP contribution in [-0.2, 0) is 4.79 Å². The van der Waals surface area contributed by atoms with Crippen LogP contribution in [0, 0.1) is 0 Å². The van der Waals surface area contributed by atoms with Gasteiger partial charge in [-0.2, -0.15) is 0 Å². The maximum absolute atomic E-state index is 10.7. The Bertz CT molecular complexity index is 184. The van der Waals surface area contributed by atoms with Crippen molar-refractivity contribution < 1.29 is 4.79 Å².